The van der Waals surface area contributed by atoms with Gasteiger partial charge in [-0.15, -0.1) is 11.3 Å². The van der Waals surface area contributed by atoms with Crippen LogP contribution < -0.4 is 0 Å². The second-order valence-corrected chi connectivity index (χ2v) is 6.89. The maximum Gasteiger partial charge on any atom is 0.0701 e. The Morgan fingerprint density at radius 3 is 2.75 bits per heavy atom. The molecule has 3 heteroatoms. The van der Waals surface area contributed by atoms with E-state index in [-0.39, 0.29) is 0 Å². The van der Waals surface area contributed by atoms with E-state index in [1.807, 2.05) is 11.3 Å². The Morgan fingerprint density at radius 2 is 2.25 bits per heavy atom. The molecule has 0 bridgehead atoms. The van der Waals surface area contributed by atoms with Crippen molar-refractivity contribution in [2.45, 2.75) is 24.1 Å². The normalized spacial score (nSPS) is 19.5. The average molecular weight is 310 g/mol. The molecule has 0 aliphatic heterocycles. The van der Waals surface area contributed by atoms with Gasteiger partial charge in [0.05, 0.1) is 3.79 Å². The number of thiophene rings is 1. The lowest BCUT2D eigenvalue weighted by atomic mass is 10.2. The Bertz CT molecular complexity index is 265. The fraction of sp³-hybridized carbons (Fsp3) is 0.556. The molecule has 0 nitrogen and oxygen atoms in total. The van der Waals surface area contributed by atoms with Crippen LogP contribution in [0.5, 0.6) is 0 Å². The smallest absolute Gasteiger partial charge is 0.0701 e. The zero-order valence-electron chi connectivity index (χ0n) is 6.59. The van der Waals surface area contributed by atoms with E-state index in [1.54, 1.807) is 0 Å². The Labute approximate surface area is 93.6 Å². The molecular weight excluding hydrogens is 300 g/mol. The van der Waals surface area contributed by atoms with Crippen LogP contribution in [0, 0.1) is 5.92 Å². The number of rotatable bonds is 3. The summed E-state index contributed by atoms with van der Waals surface area (Å²) in [7, 11) is 0. The number of halogens is 2. The standard InChI is InChI=1S/C9H10Br2S/c10-7(5-6-1-2-6)8-3-4-9(11)12-8/h3-4,6-7H,1-2,5H2. The quantitative estimate of drug-likeness (QED) is 0.707. The topological polar surface area (TPSA) is 0 Å². The van der Waals surface area contributed by atoms with E-state index in [9.17, 15) is 0 Å². The Hall–Kier alpha value is 0.660. The molecule has 0 saturated heterocycles. The van der Waals surface area contributed by atoms with Crippen LogP contribution in [-0.2, 0) is 0 Å². The molecule has 0 aromatic carbocycles. The Morgan fingerprint density at radius 1 is 1.50 bits per heavy atom. The third-order valence-corrected chi connectivity index (χ3v) is 5.05. The van der Waals surface area contributed by atoms with Gasteiger partial charge >= 0.3 is 0 Å². The molecule has 1 aliphatic carbocycles. The monoisotopic (exact) mass is 308 g/mol. The Balaban J connectivity index is 1.97. The minimum absolute atomic E-state index is 0.585. The number of hydrogen-bond acceptors (Lipinski definition) is 1. The molecule has 1 unspecified atom stereocenters. The van der Waals surface area contributed by atoms with Crippen molar-refractivity contribution in [3.63, 3.8) is 0 Å². The van der Waals surface area contributed by atoms with Crippen LogP contribution in [0.25, 0.3) is 0 Å². The van der Waals surface area contributed by atoms with Crippen molar-refractivity contribution >= 4 is 43.2 Å². The summed E-state index contributed by atoms with van der Waals surface area (Å²) in [6, 6.07) is 4.33. The molecule has 0 spiro atoms. The predicted molar refractivity (Wildman–Crippen MR) is 61.0 cm³/mol. The van der Waals surface area contributed by atoms with Gasteiger partial charge < -0.3 is 0 Å². The van der Waals surface area contributed by atoms with Gasteiger partial charge in [-0.25, -0.2) is 0 Å². The fourth-order valence-electron chi connectivity index (χ4n) is 1.26. The van der Waals surface area contributed by atoms with Crippen LogP contribution >= 0.6 is 43.2 Å². The maximum absolute atomic E-state index is 3.73. The van der Waals surface area contributed by atoms with E-state index in [1.165, 1.54) is 27.9 Å². The molecule has 1 heterocycles. The lowest BCUT2D eigenvalue weighted by Gasteiger charge is -2.04. The predicted octanol–water partition coefficient (Wildman–Crippen LogP) is 4.75. The van der Waals surface area contributed by atoms with Crippen LogP contribution in [0.3, 0.4) is 0 Å². The first-order valence-electron chi connectivity index (χ1n) is 4.15. The van der Waals surface area contributed by atoms with E-state index < -0.39 is 0 Å². The van der Waals surface area contributed by atoms with Crippen LogP contribution in [-0.4, -0.2) is 0 Å². The molecule has 1 atom stereocenters. The SMILES string of the molecule is Brc1ccc(C(Br)CC2CC2)s1. The lowest BCUT2D eigenvalue weighted by molar-refractivity contribution is 0.728. The van der Waals surface area contributed by atoms with E-state index >= 15 is 0 Å². The first kappa shape index (κ1) is 9.22. The van der Waals surface area contributed by atoms with E-state index in [4.69, 9.17) is 0 Å². The summed E-state index contributed by atoms with van der Waals surface area (Å²) in [6.45, 7) is 0. The molecule has 1 aliphatic rings. The zero-order valence-corrected chi connectivity index (χ0v) is 10.6. The van der Waals surface area contributed by atoms with Gasteiger partial charge in [-0.1, -0.05) is 28.8 Å². The van der Waals surface area contributed by atoms with Gasteiger partial charge in [-0.2, -0.15) is 0 Å². The summed E-state index contributed by atoms with van der Waals surface area (Å²) >= 11 is 9.04. The first-order chi connectivity index (χ1) is 5.75. The molecule has 1 fully saturated rings. The van der Waals surface area contributed by atoms with Gasteiger partial charge in [-0.05, 0) is 40.4 Å². The molecule has 1 aromatic heterocycles. The molecule has 0 radical (unpaired) electrons. The van der Waals surface area contributed by atoms with Gasteiger partial charge in [0.15, 0.2) is 0 Å². The number of alkyl halides is 1. The Kier molecular flexibility index (Phi) is 2.93. The van der Waals surface area contributed by atoms with Crippen molar-refractivity contribution in [3.8, 4) is 0 Å². The van der Waals surface area contributed by atoms with Crippen molar-refractivity contribution in [2.24, 2.45) is 5.92 Å². The highest BCUT2D eigenvalue weighted by molar-refractivity contribution is 9.11. The second-order valence-electron chi connectivity index (χ2n) is 3.29. The molecule has 0 N–H and O–H groups in total. The van der Waals surface area contributed by atoms with Crippen molar-refractivity contribution < 1.29 is 0 Å². The molecule has 1 aromatic rings. The van der Waals surface area contributed by atoms with E-state index in [2.05, 4.69) is 44.0 Å². The minimum atomic E-state index is 0.585. The van der Waals surface area contributed by atoms with Gasteiger partial charge in [0.2, 0.25) is 0 Å². The second kappa shape index (κ2) is 3.81. The van der Waals surface area contributed by atoms with Crippen LogP contribution in [0.15, 0.2) is 15.9 Å². The summed E-state index contributed by atoms with van der Waals surface area (Å²) in [5, 5.41) is 0. The van der Waals surface area contributed by atoms with Gasteiger partial charge in [-0.3, -0.25) is 0 Å². The molecule has 0 amide bonds. The number of hydrogen-bond donors (Lipinski definition) is 0. The average Bonchev–Trinajstić information content (AvgIpc) is 2.72. The summed E-state index contributed by atoms with van der Waals surface area (Å²) in [4.78, 5) is 2.04. The van der Waals surface area contributed by atoms with Crippen LogP contribution in [0.1, 0.15) is 29.0 Å². The van der Waals surface area contributed by atoms with Crippen molar-refractivity contribution in [1.82, 2.24) is 0 Å². The maximum atomic E-state index is 3.73. The summed E-state index contributed by atoms with van der Waals surface area (Å²) in [6.07, 6.45) is 4.19. The largest absolute Gasteiger partial charge is 0.132 e. The van der Waals surface area contributed by atoms with Gasteiger partial charge in [0, 0.05) is 9.70 Å². The molecule has 2 rings (SSSR count). The molecule has 12 heavy (non-hydrogen) atoms. The third kappa shape index (κ3) is 2.33. The first-order valence-corrected chi connectivity index (χ1v) is 6.67. The highest BCUT2D eigenvalue weighted by Gasteiger charge is 2.25. The van der Waals surface area contributed by atoms with E-state index in [0.29, 0.717) is 4.83 Å². The van der Waals surface area contributed by atoms with Crippen molar-refractivity contribution in [1.29, 1.82) is 0 Å². The summed E-state index contributed by atoms with van der Waals surface area (Å²) < 4.78 is 1.23. The van der Waals surface area contributed by atoms with E-state index in [0.717, 1.165) is 5.92 Å². The fourth-order valence-corrected chi connectivity index (χ4v) is 3.63. The molecular formula is C9H10Br2S. The van der Waals surface area contributed by atoms with Crippen LogP contribution in [0.2, 0.25) is 0 Å². The highest BCUT2D eigenvalue weighted by Crippen LogP contribution is 2.43. The van der Waals surface area contributed by atoms with Gasteiger partial charge in [0.25, 0.3) is 0 Å². The molecule has 66 valence electrons. The highest BCUT2D eigenvalue weighted by atomic mass is 79.9. The zero-order chi connectivity index (χ0) is 8.55. The minimum Gasteiger partial charge on any atom is -0.132 e. The van der Waals surface area contributed by atoms with Crippen LogP contribution in [0.4, 0.5) is 0 Å². The van der Waals surface area contributed by atoms with Crippen molar-refractivity contribution in [3.05, 3.63) is 20.8 Å². The third-order valence-electron chi connectivity index (χ3n) is 2.14. The van der Waals surface area contributed by atoms with Crippen molar-refractivity contribution in [2.75, 3.05) is 0 Å². The summed E-state index contributed by atoms with van der Waals surface area (Å²) in [5.74, 6) is 0.996. The van der Waals surface area contributed by atoms with Gasteiger partial charge in [0.1, 0.15) is 0 Å². The summed E-state index contributed by atoms with van der Waals surface area (Å²) in [5.41, 5.74) is 0. The molecule has 1 saturated carbocycles. The lowest BCUT2D eigenvalue weighted by Crippen LogP contribution is -1.86.